The molecule has 0 heterocycles. The highest BCUT2D eigenvalue weighted by Gasteiger charge is 1.94. The van der Waals surface area contributed by atoms with Crippen LogP contribution in [0.1, 0.15) is 12.5 Å². The van der Waals surface area contributed by atoms with Gasteiger partial charge >= 0.3 is 0 Å². The quantitative estimate of drug-likeness (QED) is 0.389. The summed E-state index contributed by atoms with van der Waals surface area (Å²) in [6, 6.07) is 9.83. The lowest BCUT2D eigenvalue weighted by Gasteiger charge is -1.99. The van der Waals surface area contributed by atoms with Crippen LogP contribution < -0.4 is 0 Å². The number of carbonyl (C=O) groups is 1. The molecule has 13 heavy (non-hydrogen) atoms. The zero-order valence-corrected chi connectivity index (χ0v) is 7.60. The zero-order valence-electron chi connectivity index (χ0n) is 7.60. The summed E-state index contributed by atoms with van der Waals surface area (Å²) in [6.07, 6.45) is 6.21. The summed E-state index contributed by atoms with van der Waals surface area (Å²) < 4.78 is 0. The number of allylic oxidation sites excluding steroid dienone is 4. The molecule has 0 saturated heterocycles. The predicted octanol–water partition coefficient (Wildman–Crippen LogP) is 2.85. The van der Waals surface area contributed by atoms with Gasteiger partial charge in [0.1, 0.15) is 6.29 Å². The van der Waals surface area contributed by atoms with Gasteiger partial charge in [0.25, 0.3) is 0 Å². The van der Waals surface area contributed by atoms with Crippen molar-refractivity contribution in [2.75, 3.05) is 0 Å². The molecule has 0 atom stereocenters. The first-order chi connectivity index (χ1) is 6.38. The molecular weight excluding hydrogens is 160 g/mol. The summed E-state index contributed by atoms with van der Waals surface area (Å²) in [5.41, 5.74) is 2.01. The Labute approximate surface area is 78.4 Å². The second kappa shape index (κ2) is 5.09. The van der Waals surface area contributed by atoms with E-state index in [-0.39, 0.29) is 0 Å². The molecule has 0 fully saturated rings. The summed E-state index contributed by atoms with van der Waals surface area (Å²) in [6.45, 7) is 1.93. The van der Waals surface area contributed by atoms with E-state index in [9.17, 15) is 4.79 Å². The molecule has 0 aromatic heterocycles. The third-order valence-corrected chi connectivity index (χ3v) is 1.70. The fourth-order valence-corrected chi connectivity index (χ4v) is 1.13. The number of rotatable bonds is 3. The van der Waals surface area contributed by atoms with Crippen LogP contribution in [0.3, 0.4) is 0 Å². The van der Waals surface area contributed by atoms with Gasteiger partial charge in [-0.1, -0.05) is 42.5 Å². The topological polar surface area (TPSA) is 17.1 Å². The highest BCUT2D eigenvalue weighted by atomic mass is 16.1. The summed E-state index contributed by atoms with van der Waals surface area (Å²) in [4.78, 5) is 10.4. The van der Waals surface area contributed by atoms with Crippen LogP contribution in [-0.2, 0) is 4.79 Å². The average molecular weight is 172 g/mol. The van der Waals surface area contributed by atoms with E-state index in [0.717, 1.165) is 17.4 Å². The molecule has 0 bridgehead atoms. The average Bonchev–Trinajstić information content (AvgIpc) is 2.19. The first-order valence-corrected chi connectivity index (χ1v) is 4.22. The van der Waals surface area contributed by atoms with E-state index in [2.05, 4.69) is 0 Å². The van der Waals surface area contributed by atoms with Crippen molar-refractivity contribution in [2.24, 2.45) is 0 Å². The minimum absolute atomic E-state index is 0.808. The van der Waals surface area contributed by atoms with E-state index < -0.39 is 0 Å². The fraction of sp³-hybridized carbons (Fsp3) is 0.0833. The molecule has 0 aliphatic heterocycles. The van der Waals surface area contributed by atoms with Crippen molar-refractivity contribution in [3.8, 4) is 0 Å². The molecule has 0 unspecified atom stereocenters. The number of benzene rings is 1. The van der Waals surface area contributed by atoms with E-state index in [1.54, 1.807) is 6.08 Å². The van der Waals surface area contributed by atoms with Crippen LogP contribution in [0.2, 0.25) is 0 Å². The van der Waals surface area contributed by atoms with Gasteiger partial charge in [-0.2, -0.15) is 0 Å². The first-order valence-electron chi connectivity index (χ1n) is 4.22. The van der Waals surface area contributed by atoms with Gasteiger partial charge in [-0.05, 0) is 24.1 Å². The Morgan fingerprint density at radius 1 is 1.23 bits per heavy atom. The Balaban J connectivity index is 3.03. The van der Waals surface area contributed by atoms with Crippen LogP contribution in [0, 0.1) is 0 Å². The minimum atomic E-state index is 0.808. The molecule has 0 amide bonds. The lowest BCUT2D eigenvalue weighted by atomic mass is 10.1. The lowest BCUT2D eigenvalue weighted by molar-refractivity contribution is -0.104. The fourth-order valence-electron chi connectivity index (χ4n) is 1.13. The molecular formula is C12H12O. The van der Waals surface area contributed by atoms with Crippen molar-refractivity contribution < 1.29 is 4.79 Å². The van der Waals surface area contributed by atoms with E-state index in [0.29, 0.717) is 0 Å². The molecule has 1 aromatic rings. The number of aldehydes is 1. The molecule has 1 aromatic carbocycles. The highest BCUT2D eigenvalue weighted by Crippen LogP contribution is 2.14. The molecule has 1 heteroatoms. The van der Waals surface area contributed by atoms with Crippen LogP contribution in [0.5, 0.6) is 0 Å². The van der Waals surface area contributed by atoms with E-state index in [1.165, 1.54) is 0 Å². The van der Waals surface area contributed by atoms with Crippen molar-refractivity contribution in [1.29, 1.82) is 0 Å². The number of hydrogen-bond donors (Lipinski definition) is 0. The first kappa shape index (κ1) is 9.46. The largest absolute Gasteiger partial charge is 0.299 e. The van der Waals surface area contributed by atoms with Crippen molar-refractivity contribution in [2.45, 2.75) is 6.92 Å². The minimum Gasteiger partial charge on any atom is -0.299 e. The zero-order chi connectivity index (χ0) is 9.52. The SMILES string of the molecule is C/C=C/C(=C/C=O)c1ccccc1. The van der Waals surface area contributed by atoms with Crippen molar-refractivity contribution in [3.63, 3.8) is 0 Å². The molecule has 0 spiro atoms. The summed E-state index contributed by atoms with van der Waals surface area (Å²) in [5.74, 6) is 0. The van der Waals surface area contributed by atoms with Crippen LogP contribution in [-0.4, -0.2) is 6.29 Å². The van der Waals surface area contributed by atoms with Gasteiger partial charge in [-0.15, -0.1) is 0 Å². The van der Waals surface area contributed by atoms with Gasteiger partial charge in [0.2, 0.25) is 0 Å². The Morgan fingerprint density at radius 2 is 1.92 bits per heavy atom. The lowest BCUT2D eigenvalue weighted by Crippen LogP contribution is -1.80. The second-order valence-electron chi connectivity index (χ2n) is 2.62. The Bertz CT molecular complexity index is 320. The van der Waals surface area contributed by atoms with Gasteiger partial charge in [0.05, 0.1) is 0 Å². The second-order valence-corrected chi connectivity index (χ2v) is 2.62. The third kappa shape index (κ3) is 2.71. The van der Waals surface area contributed by atoms with E-state index >= 15 is 0 Å². The monoisotopic (exact) mass is 172 g/mol. The molecule has 0 saturated carbocycles. The van der Waals surface area contributed by atoms with Crippen LogP contribution >= 0.6 is 0 Å². The molecule has 0 radical (unpaired) electrons. The molecule has 0 N–H and O–H groups in total. The third-order valence-electron chi connectivity index (χ3n) is 1.70. The highest BCUT2D eigenvalue weighted by molar-refractivity contribution is 5.86. The van der Waals surface area contributed by atoms with Crippen LogP contribution in [0.25, 0.3) is 5.57 Å². The van der Waals surface area contributed by atoms with Crippen LogP contribution in [0.15, 0.2) is 48.6 Å². The van der Waals surface area contributed by atoms with Gasteiger partial charge in [-0.3, -0.25) is 4.79 Å². The van der Waals surface area contributed by atoms with E-state index in [4.69, 9.17) is 0 Å². The van der Waals surface area contributed by atoms with Crippen molar-refractivity contribution >= 4 is 11.9 Å². The summed E-state index contributed by atoms with van der Waals surface area (Å²) in [5, 5.41) is 0. The molecule has 0 aliphatic rings. The smallest absolute Gasteiger partial charge is 0.143 e. The maximum atomic E-state index is 10.4. The number of carbonyl (C=O) groups excluding carboxylic acids is 1. The Kier molecular flexibility index (Phi) is 3.71. The molecule has 66 valence electrons. The van der Waals surface area contributed by atoms with Gasteiger partial charge in [-0.25, -0.2) is 0 Å². The maximum absolute atomic E-state index is 10.4. The molecule has 0 aliphatic carbocycles. The van der Waals surface area contributed by atoms with Crippen molar-refractivity contribution in [3.05, 3.63) is 54.1 Å². The Morgan fingerprint density at radius 3 is 2.46 bits per heavy atom. The van der Waals surface area contributed by atoms with Crippen molar-refractivity contribution in [1.82, 2.24) is 0 Å². The normalized spacial score (nSPS) is 11.9. The standard InChI is InChI=1S/C12H12O/c1-2-6-11(9-10-13)12-7-4-3-5-8-12/h2-10H,1H3/b6-2+,11-9-. The molecule has 1 rings (SSSR count). The maximum Gasteiger partial charge on any atom is 0.143 e. The van der Waals surface area contributed by atoms with Crippen LogP contribution in [0.4, 0.5) is 0 Å². The van der Waals surface area contributed by atoms with Gasteiger partial charge in [0, 0.05) is 0 Å². The van der Waals surface area contributed by atoms with E-state index in [1.807, 2.05) is 49.4 Å². The summed E-state index contributed by atoms with van der Waals surface area (Å²) >= 11 is 0. The predicted molar refractivity (Wildman–Crippen MR) is 55.3 cm³/mol. The Hall–Kier alpha value is -1.63. The van der Waals surface area contributed by atoms with Gasteiger partial charge < -0.3 is 0 Å². The molecule has 1 nitrogen and oxygen atoms in total. The van der Waals surface area contributed by atoms with Gasteiger partial charge in [0.15, 0.2) is 0 Å². The number of hydrogen-bond acceptors (Lipinski definition) is 1. The summed E-state index contributed by atoms with van der Waals surface area (Å²) in [7, 11) is 0.